The van der Waals surface area contributed by atoms with Gasteiger partial charge in [-0.1, -0.05) is 13.2 Å². The molecule has 0 bridgehead atoms. The maximum atomic E-state index is 8.44. The van der Waals surface area contributed by atoms with E-state index >= 15 is 0 Å². The van der Waals surface area contributed by atoms with E-state index < -0.39 is 6.16 Å². The summed E-state index contributed by atoms with van der Waals surface area (Å²) in [4.78, 5) is 8.44. The van der Waals surface area contributed by atoms with Crippen molar-refractivity contribution in [2.24, 2.45) is 0 Å². The molecule has 0 heterocycles. The van der Waals surface area contributed by atoms with Crippen LogP contribution in [0.4, 0.5) is 4.79 Å². The monoisotopic (exact) mass is 187 g/mol. The molecular formula is C9H17NO3. The summed E-state index contributed by atoms with van der Waals surface area (Å²) >= 11 is 0. The second-order valence-electron chi connectivity index (χ2n) is 3.14. The number of rotatable bonds is 4. The van der Waals surface area contributed by atoms with Gasteiger partial charge in [-0.2, -0.15) is 0 Å². The molecule has 0 aromatic rings. The fraction of sp³-hybridized carbons (Fsp3) is 0.444. The van der Waals surface area contributed by atoms with E-state index in [0.717, 1.165) is 17.6 Å². The summed E-state index contributed by atoms with van der Waals surface area (Å²) in [5.74, 6) is 0. The molecule has 0 saturated carbocycles. The highest BCUT2D eigenvalue weighted by Gasteiger charge is 2.07. The maximum absolute atomic E-state index is 8.44. The van der Waals surface area contributed by atoms with E-state index in [1.165, 1.54) is 0 Å². The number of quaternary nitrogens is 1. The van der Waals surface area contributed by atoms with Crippen molar-refractivity contribution in [3.8, 4) is 0 Å². The van der Waals surface area contributed by atoms with E-state index in [4.69, 9.17) is 15.0 Å². The molecule has 13 heavy (non-hydrogen) atoms. The smallest absolute Gasteiger partial charge is 0.249 e. The van der Waals surface area contributed by atoms with Gasteiger partial charge >= 0.3 is 0 Å². The van der Waals surface area contributed by atoms with Gasteiger partial charge in [0.25, 0.3) is 0 Å². The molecule has 0 aromatic carbocycles. The largest absolute Gasteiger partial charge is 0.565 e. The Morgan fingerprint density at radius 1 is 1.38 bits per heavy atom. The highest BCUT2D eigenvalue weighted by molar-refractivity contribution is 5.50. The lowest BCUT2D eigenvalue weighted by Gasteiger charge is -2.26. The van der Waals surface area contributed by atoms with Crippen molar-refractivity contribution in [2.75, 3.05) is 27.2 Å². The summed E-state index contributed by atoms with van der Waals surface area (Å²) in [5.41, 5.74) is 0. The van der Waals surface area contributed by atoms with Gasteiger partial charge in [-0.15, -0.1) is 0 Å². The first-order valence-electron chi connectivity index (χ1n) is 3.79. The van der Waals surface area contributed by atoms with Crippen molar-refractivity contribution < 1.29 is 19.5 Å². The van der Waals surface area contributed by atoms with E-state index in [2.05, 4.69) is 27.3 Å². The second kappa shape index (κ2) is 7.36. The van der Waals surface area contributed by atoms with Crippen LogP contribution in [0.15, 0.2) is 25.3 Å². The highest BCUT2D eigenvalue weighted by Crippen LogP contribution is 1.95. The first-order chi connectivity index (χ1) is 5.85. The summed E-state index contributed by atoms with van der Waals surface area (Å²) in [6.07, 6.45) is 1.78. The van der Waals surface area contributed by atoms with Crippen LogP contribution in [0.3, 0.4) is 0 Å². The molecule has 4 heteroatoms. The lowest BCUT2D eigenvalue weighted by molar-refractivity contribution is -0.878. The molecule has 0 fully saturated rings. The van der Waals surface area contributed by atoms with Crippen LogP contribution in [0.2, 0.25) is 0 Å². The van der Waals surface area contributed by atoms with Crippen molar-refractivity contribution in [3.05, 3.63) is 25.3 Å². The molecule has 0 amide bonds. The first kappa shape index (κ1) is 14.2. The van der Waals surface area contributed by atoms with Gasteiger partial charge in [0, 0.05) is 0 Å². The second-order valence-corrected chi connectivity index (χ2v) is 3.14. The Kier molecular flexibility index (Phi) is 8.07. The van der Waals surface area contributed by atoms with E-state index in [9.17, 15) is 0 Å². The summed E-state index contributed by atoms with van der Waals surface area (Å²) in [5, 5.41) is 15.3. The minimum Gasteiger partial charge on any atom is -0.565 e. The Morgan fingerprint density at radius 3 is 1.77 bits per heavy atom. The van der Waals surface area contributed by atoms with Crippen LogP contribution in [-0.2, 0) is 0 Å². The maximum Gasteiger partial charge on any atom is 0.249 e. The van der Waals surface area contributed by atoms with Crippen LogP contribution < -0.4 is 5.11 Å². The Bertz CT molecular complexity index is 160. The molecule has 0 aliphatic carbocycles. The van der Waals surface area contributed by atoms with Crippen molar-refractivity contribution >= 4 is 6.16 Å². The third-order valence-electron chi connectivity index (χ3n) is 1.25. The SMILES string of the molecule is C=CC[N+](C)(C)CC=C.O=C([O-])O. The minimum atomic E-state index is -2.08. The molecule has 0 unspecified atom stereocenters. The van der Waals surface area contributed by atoms with Crippen molar-refractivity contribution in [3.63, 3.8) is 0 Å². The van der Waals surface area contributed by atoms with Crippen molar-refractivity contribution in [1.29, 1.82) is 0 Å². The van der Waals surface area contributed by atoms with Gasteiger partial charge in [0.1, 0.15) is 0 Å². The van der Waals surface area contributed by atoms with E-state index in [1.807, 2.05) is 12.2 Å². The van der Waals surface area contributed by atoms with E-state index in [0.29, 0.717) is 0 Å². The molecule has 0 rings (SSSR count). The number of hydrogen-bond acceptors (Lipinski definition) is 2. The van der Waals surface area contributed by atoms with Crippen LogP contribution in [-0.4, -0.2) is 42.9 Å². The zero-order valence-electron chi connectivity index (χ0n) is 8.19. The Morgan fingerprint density at radius 2 is 1.62 bits per heavy atom. The number of carbonyl (C=O) groups is 1. The predicted octanol–water partition coefficient (Wildman–Crippen LogP) is 0.322. The van der Waals surface area contributed by atoms with Gasteiger partial charge in [-0.3, -0.25) is 0 Å². The molecule has 0 aliphatic heterocycles. The standard InChI is InChI=1S/C8H16N.CH2O3/c1-5-7-9(3,4)8-6-2;2-1(3)4/h5-6H,1-2,7-8H2,3-4H3;(H2,2,3,4)/q+1;/p-1. The van der Waals surface area contributed by atoms with E-state index in [-0.39, 0.29) is 0 Å². The zero-order valence-corrected chi connectivity index (χ0v) is 8.19. The van der Waals surface area contributed by atoms with Gasteiger partial charge in [-0.25, -0.2) is 0 Å². The third-order valence-corrected chi connectivity index (χ3v) is 1.25. The van der Waals surface area contributed by atoms with Gasteiger partial charge in [0.15, 0.2) is 0 Å². The van der Waals surface area contributed by atoms with Gasteiger partial charge in [0.05, 0.1) is 27.2 Å². The minimum absolute atomic E-state index is 0.951. The van der Waals surface area contributed by atoms with Crippen LogP contribution >= 0.6 is 0 Å². The molecular weight excluding hydrogens is 170 g/mol. The summed E-state index contributed by atoms with van der Waals surface area (Å²) in [7, 11) is 4.31. The lowest BCUT2D eigenvalue weighted by atomic mass is 10.4. The number of hydrogen-bond donors (Lipinski definition) is 1. The Labute approximate surface area is 79.0 Å². The van der Waals surface area contributed by atoms with Crippen LogP contribution in [0.1, 0.15) is 0 Å². The zero-order chi connectivity index (χ0) is 10.9. The van der Waals surface area contributed by atoms with Crippen LogP contribution in [0, 0.1) is 0 Å². The molecule has 0 aliphatic rings. The molecule has 0 radical (unpaired) electrons. The van der Waals surface area contributed by atoms with Gasteiger partial charge < -0.3 is 19.5 Å². The normalized spacial score (nSPS) is 9.38. The molecule has 76 valence electrons. The van der Waals surface area contributed by atoms with Crippen molar-refractivity contribution in [1.82, 2.24) is 0 Å². The summed E-state index contributed by atoms with van der Waals surface area (Å²) < 4.78 is 0.951. The van der Waals surface area contributed by atoms with Gasteiger partial charge in [0.2, 0.25) is 6.16 Å². The van der Waals surface area contributed by atoms with Crippen molar-refractivity contribution in [2.45, 2.75) is 0 Å². The Balaban J connectivity index is 0. The fourth-order valence-electron chi connectivity index (χ4n) is 0.774. The van der Waals surface area contributed by atoms with E-state index in [1.54, 1.807) is 0 Å². The number of nitrogens with zero attached hydrogens (tertiary/aromatic N) is 1. The molecule has 0 spiro atoms. The molecule has 1 N–H and O–H groups in total. The predicted molar refractivity (Wildman–Crippen MR) is 50.3 cm³/mol. The molecule has 0 saturated heterocycles. The lowest BCUT2D eigenvalue weighted by Crippen LogP contribution is -2.39. The number of carboxylic acid groups (broad SMARTS) is 2. The summed E-state index contributed by atoms with van der Waals surface area (Å²) in [6.45, 7) is 9.37. The van der Waals surface area contributed by atoms with Crippen LogP contribution in [0.25, 0.3) is 0 Å². The average molecular weight is 187 g/mol. The third kappa shape index (κ3) is 18.0. The average Bonchev–Trinajstić information content (AvgIpc) is 1.84. The topological polar surface area (TPSA) is 60.4 Å². The molecule has 0 atom stereocenters. The van der Waals surface area contributed by atoms with Crippen LogP contribution in [0.5, 0.6) is 0 Å². The Hall–Kier alpha value is -1.29. The number of likely N-dealkylation sites (N-methyl/N-ethyl adjacent to an activating group) is 1. The quantitative estimate of drug-likeness (QED) is 0.509. The fourth-order valence-corrected chi connectivity index (χ4v) is 0.774. The molecule has 0 aromatic heterocycles. The van der Waals surface area contributed by atoms with Gasteiger partial charge in [-0.05, 0) is 12.2 Å². The first-order valence-corrected chi connectivity index (χ1v) is 3.79. The molecule has 4 nitrogen and oxygen atoms in total. The summed E-state index contributed by atoms with van der Waals surface area (Å²) in [6, 6.07) is 0. The highest BCUT2D eigenvalue weighted by atomic mass is 16.6.